The number of hydrogen-bond acceptors (Lipinski definition) is 7. The summed E-state index contributed by atoms with van der Waals surface area (Å²) in [5, 5.41) is 0. The van der Waals surface area contributed by atoms with Crippen LogP contribution < -0.4 is 53.6 Å². The van der Waals surface area contributed by atoms with Crippen LogP contribution in [0.1, 0.15) is 27.1 Å². The molecule has 2 aromatic carbocycles. The second kappa shape index (κ2) is 19.2. The zero-order valence-corrected chi connectivity index (χ0v) is 26.3. The number of ether oxygens (including phenoxy) is 4. The summed E-state index contributed by atoms with van der Waals surface area (Å²) in [6, 6.07) is 10.8. The number of quaternary nitrogens is 2. The van der Waals surface area contributed by atoms with Crippen LogP contribution in [0.4, 0.5) is 0 Å². The van der Waals surface area contributed by atoms with Crippen molar-refractivity contribution < 1.29 is 63.2 Å². The Balaban J connectivity index is 0.00000441. The SMILES string of the molecule is C=CCN(CC=C)CCOc1cccc(C(=O)CC[NH+]2CC[NH+](C(=O)c3cc(OC)c(OC)c(OC)c3)CC2)c1.[Cl-].[Cl-]. The number of nitrogens with one attached hydrogen (secondary N) is 2. The number of nitrogens with zero attached hydrogens (tertiary/aromatic N) is 1. The maximum Gasteiger partial charge on any atom is 0.344 e. The molecule has 3 rings (SSSR count). The monoisotopic (exact) mass is 623 g/mol. The number of carbonyl (C=O) groups excluding carboxylic acids is 2. The molecule has 0 unspecified atom stereocenters. The van der Waals surface area contributed by atoms with Gasteiger partial charge < -0.3 is 48.7 Å². The zero-order chi connectivity index (χ0) is 28.9. The van der Waals surface area contributed by atoms with Gasteiger partial charge >= 0.3 is 5.91 Å². The minimum absolute atomic E-state index is 0. The van der Waals surface area contributed by atoms with Crippen molar-refractivity contribution in [1.29, 1.82) is 0 Å². The van der Waals surface area contributed by atoms with E-state index in [-0.39, 0.29) is 36.5 Å². The molecule has 1 saturated heterocycles. The van der Waals surface area contributed by atoms with Gasteiger partial charge in [0.2, 0.25) is 5.75 Å². The molecule has 0 spiro atoms. The maximum atomic E-state index is 13.2. The summed E-state index contributed by atoms with van der Waals surface area (Å²) in [4.78, 5) is 30.5. The molecule has 9 nitrogen and oxygen atoms in total. The average Bonchev–Trinajstić information content (AvgIpc) is 2.99. The largest absolute Gasteiger partial charge is 1.00 e. The van der Waals surface area contributed by atoms with E-state index >= 15 is 0 Å². The maximum absolute atomic E-state index is 13.2. The van der Waals surface area contributed by atoms with E-state index < -0.39 is 0 Å². The lowest BCUT2D eigenvalue weighted by molar-refractivity contribution is -0.979. The Morgan fingerprint density at radius 3 is 2.05 bits per heavy atom. The van der Waals surface area contributed by atoms with Crippen LogP contribution in [-0.2, 0) is 0 Å². The zero-order valence-electron chi connectivity index (χ0n) is 24.8. The molecule has 232 valence electrons. The predicted octanol–water partition coefficient (Wildman–Crippen LogP) is -5.03. The molecule has 1 aliphatic rings. The number of halogens is 2. The van der Waals surface area contributed by atoms with Crippen LogP contribution in [0.25, 0.3) is 0 Å². The van der Waals surface area contributed by atoms with Crippen molar-refractivity contribution in [2.45, 2.75) is 6.42 Å². The summed E-state index contributed by atoms with van der Waals surface area (Å²) in [5.41, 5.74) is 1.19. The molecule has 0 aliphatic carbocycles. The van der Waals surface area contributed by atoms with Gasteiger partial charge in [-0.25, -0.2) is 4.79 Å². The molecule has 0 atom stereocenters. The van der Waals surface area contributed by atoms with Crippen LogP contribution in [0.5, 0.6) is 23.0 Å². The third-order valence-corrected chi connectivity index (χ3v) is 7.12. The molecular formula is C31H43Cl2N3O6. The van der Waals surface area contributed by atoms with Gasteiger partial charge in [-0.15, -0.1) is 13.2 Å². The molecule has 1 heterocycles. The molecule has 1 amide bonds. The third kappa shape index (κ3) is 10.3. The summed E-state index contributed by atoms with van der Waals surface area (Å²) < 4.78 is 22.1. The number of carbonyl (C=O) groups is 2. The lowest BCUT2D eigenvalue weighted by atomic mass is 10.1. The highest BCUT2D eigenvalue weighted by Gasteiger charge is 2.31. The highest BCUT2D eigenvalue weighted by Crippen LogP contribution is 2.38. The number of hydrogen-bond donors (Lipinski definition) is 2. The molecule has 2 N–H and O–H groups in total. The number of Topliss-reactive ketones (excluding diaryl/α,β-unsaturated/α-hetero) is 1. The van der Waals surface area contributed by atoms with Gasteiger partial charge in [-0.1, -0.05) is 24.3 Å². The Morgan fingerprint density at radius 1 is 0.881 bits per heavy atom. The molecule has 0 aromatic heterocycles. The fourth-order valence-electron chi connectivity index (χ4n) is 4.91. The summed E-state index contributed by atoms with van der Waals surface area (Å²) in [7, 11) is 4.61. The van der Waals surface area contributed by atoms with Gasteiger partial charge in [0.1, 0.15) is 38.5 Å². The molecule has 42 heavy (non-hydrogen) atoms. The minimum Gasteiger partial charge on any atom is -1.00 e. The number of methoxy groups -OCH3 is 3. The van der Waals surface area contributed by atoms with E-state index in [0.29, 0.717) is 60.2 Å². The van der Waals surface area contributed by atoms with Crippen molar-refractivity contribution >= 4 is 11.7 Å². The normalized spacial score (nSPS) is 15.9. The number of benzene rings is 2. The number of rotatable bonds is 16. The molecule has 2 aromatic rings. The van der Waals surface area contributed by atoms with E-state index in [0.717, 1.165) is 44.2 Å². The summed E-state index contributed by atoms with van der Waals surface area (Å²) in [6.45, 7) is 14.1. The van der Waals surface area contributed by atoms with Crippen LogP contribution in [0, 0.1) is 0 Å². The lowest BCUT2D eigenvalue weighted by Crippen LogP contribution is -3.29. The van der Waals surface area contributed by atoms with Crippen LogP contribution in [0.15, 0.2) is 61.7 Å². The molecule has 1 aliphatic heterocycles. The summed E-state index contributed by atoms with van der Waals surface area (Å²) in [5.74, 6) is 2.18. The van der Waals surface area contributed by atoms with E-state index in [1.165, 1.54) is 26.2 Å². The van der Waals surface area contributed by atoms with Crippen molar-refractivity contribution in [1.82, 2.24) is 4.90 Å². The van der Waals surface area contributed by atoms with E-state index in [2.05, 4.69) is 18.1 Å². The van der Waals surface area contributed by atoms with Gasteiger partial charge in [0.15, 0.2) is 17.3 Å². The van der Waals surface area contributed by atoms with Crippen LogP contribution >= 0.6 is 0 Å². The van der Waals surface area contributed by atoms with Gasteiger partial charge in [0.25, 0.3) is 0 Å². The topological polar surface area (TPSA) is 83.2 Å². The van der Waals surface area contributed by atoms with Crippen molar-refractivity contribution in [2.24, 2.45) is 0 Å². The van der Waals surface area contributed by atoms with Crippen molar-refractivity contribution in [3.8, 4) is 23.0 Å². The van der Waals surface area contributed by atoms with Crippen LogP contribution in [0.3, 0.4) is 0 Å². The average molecular weight is 625 g/mol. The van der Waals surface area contributed by atoms with Gasteiger partial charge in [-0.05, 0) is 12.1 Å². The van der Waals surface area contributed by atoms with Crippen molar-refractivity contribution in [3.63, 3.8) is 0 Å². The quantitative estimate of drug-likeness (QED) is 0.143. The Morgan fingerprint density at radius 2 is 1.50 bits per heavy atom. The smallest absolute Gasteiger partial charge is 0.344 e. The first-order chi connectivity index (χ1) is 19.4. The first-order valence-corrected chi connectivity index (χ1v) is 13.7. The van der Waals surface area contributed by atoms with Gasteiger partial charge in [0, 0.05) is 37.3 Å². The Hall–Kier alpha value is -3.08. The Kier molecular flexibility index (Phi) is 16.9. The number of ketones is 1. The second-order valence-electron chi connectivity index (χ2n) is 9.73. The van der Waals surface area contributed by atoms with E-state index in [1.54, 1.807) is 12.1 Å². The molecular weight excluding hydrogens is 581 g/mol. The first kappa shape index (κ1) is 36.9. The van der Waals surface area contributed by atoms with Crippen molar-refractivity contribution in [3.05, 3.63) is 72.8 Å². The molecule has 11 heteroatoms. The summed E-state index contributed by atoms with van der Waals surface area (Å²) in [6.07, 6.45) is 4.17. The third-order valence-electron chi connectivity index (χ3n) is 7.12. The molecule has 1 fully saturated rings. The number of piperazine rings is 1. The number of amides is 1. The van der Waals surface area contributed by atoms with E-state index in [9.17, 15) is 9.59 Å². The van der Waals surface area contributed by atoms with Gasteiger partial charge in [0.05, 0.1) is 39.9 Å². The highest BCUT2D eigenvalue weighted by atomic mass is 35.5. The van der Waals surface area contributed by atoms with Gasteiger partial charge in [-0.2, -0.15) is 0 Å². The Bertz CT molecular complexity index is 1140. The molecule has 0 radical (unpaired) electrons. The molecule has 0 saturated carbocycles. The minimum atomic E-state index is 0. The fourth-order valence-corrected chi connectivity index (χ4v) is 4.91. The lowest BCUT2D eigenvalue weighted by Gasteiger charge is -2.28. The van der Waals surface area contributed by atoms with E-state index in [4.69, 9.17) is 18.9 Å². The van der Waals surface area contributed by atoms with Crippen molar-refractivity contribution in [2.75, 3.05) is 80.3 Å². The Labute approximate surface area is 261 Å². The standard InChI is InChI=1S/C31H41N3O6.2ClH/c1-6-12-32(13-7-2)19-20-40-26-10-8-9-24(21-26)27(35)11-14-33-15-17-34(18-16-33)31(36)25-22-28(37-3)30(39-5)29(23-25)38-4;;/h6-10,21-23H,1-2,11-20H2,3-5H3;2*1H. The predicted molar refractivity (Wildman–Crippen MR) is 154 cm³/mol. The fraction of sp³-hybridized carbons (Fsp3) is 0.419. The second-order valence-corrected chi connectivity index (χ2v) is 9.73. The van der Waals surface area contributed by atoms with Gasteiger partial charge in [-0.3, -0.25) is 14.6 Å². The highest BCUT2D eigenvalue weighted by molar-refractivity contribution is 5.96. The van der Waals surface area contributed by atoms with E-state index in [1.807, 2.05) is 36.4 Å². The van der Waals surface area contributed by atoms with Crippen LogP contribution in [-0.4, -0.2) is 96.9 Å². The molecule has 0 bridgehead atoms. The first-order valence-electron chi connectivity index (χ1n) is 13.7. The summed E-state index contributed by atoms with van der Waals surface area (Å²) >= 11 is 0. The van der Waals surface area contributed by atoms with Crippen LogP contribution in [0.2, 0.25) is 0 Å².